The predicted octanol–water partition coefficient (Wildman–Crippen LogP) is 3.65. The fourth-order valence-corrected chi connectivity index (χ4v) is 2.73. The zero-order valence-electron chi connectivity index (χ0n) is 12.7. The van der Waals surface area contributed by atoms with Gasteiger partial charge in [-0.1, -0.05) is 18.6 Å². The molecule has 0 radical (unpaired) electrons. The summed E-state index contributed by atoms with van der Waals surface area (Å²) in [4.78, 5) is 15.9. The largest absolute Gasteiger partial charge is 0.477 e. The highest BCUT2D eigenvalue weighted by atomic mass is 16.4. The van der Waals surface area contributed by atoms with Crippen molar-refractivity contribution in [3.8, 4) is 0 Å². The second-order valence-electron chi connectivity index (χ2n) is 5.49. The lowest BCUT2D eigenvalue weighted by molar-refractivity contribution is 0.0686. The minimum absolute atomic E-state index is 0.296. The van der Waals surface area contributed by atoms with Crippen LogP contribution in [0.25, 0.3) is 10.9 Å². The maximum Gasteiger partial charge on any atom is 0.352 e. The van der Waals surface area contributed by atoms with E-state index < -0.39 is 5.97 Å². The molecule has 22 heavy (non-hydrogen) atoms. The maximum absolute atomic E-state index is 11.5. The Morgan fingerprint density at radius 2 is 2.05 bits per heavy atom. The third-order valence-corrected chi connectivity index (χ3v) is 3.89. The van der Waals surface area contributed by atoms with Gasteiger partial charge in [0.25, 0.3) is 0 Å². The average molecular weight is 294 g/mol. The maximum atomic E-state index is 11.5. The fourth-order valence-electron chi connectivity index (χ4n) is 2.73. The molecule has 1 aromatic carbocycles. The summed E-state index contributed by atoms with van der Waals surface area (Å²) in [6.07, 6.45) is 2.72. The molecular formula is C18H18N2O2. The van der Waals surface area contributed by atoms with Crippen molar-refractivity contribution in [2.75, 3.05) is 0 Å². The van der Waals surface area contributed by atoms with E-state index in [4.69, 9.17) is 0 Å². The highest BCUT2D eigenvalue weighted by molar-refractivity contribution is 5.94. The first-order valence-electron chi connectivity index (χ1n) is 7.35. The number of carboxylic acids is 1. The summed E-state index contributed by atoms with van der Waals surface area (Å²) in [5.41, 5.74) is 4.41. The van der Waals surface area contributed by atoms with Crippen molar-refractivity contribution in [1.29, 1.82) is 0 Å². The van der Waals surface area contributed by atoms with E-state index in [1.807, 2.05) is 41.8 Å². The van der Waals surface area contributed by atoms with Gasteiger partial charge >= 0.3 is 5.97 Å². The van der Waals surface area contributed by atoms with Crippen molar-refractivity contribution in [3.63, 3.8) is 0 Å². The SMILES string of the molecule is CCc1ccnc(Cn2c(C(=O)O)cc3cc(C)ccc32)c1. The number of carboxylic acid groups (broad SMARTS) is 1. The van der Waals surface area contributed by atoms with Crippen molar-refractivity contribution in [3.05, 3.63) is 65.1 Å². The number of aromatic nitrogens is 2. The van der Waals surface area contributed by atoms with Crippen LogP contribution >= 0.6 is 0 Å². The topological polar surface area (TPSA) is 55.1 Å². The Bertz CT molecular complexity index is 849. The monoisotopic (exact) mass is 294 g/mol. The number of benzene rings is 1. The lowest BCUT2D eigenvalue weighted by atomic mass is 10.2. The van der Waals surface area contributed by atoms with E-state index in [1.54, 1.807) is 12.3 Å². The predicted molar refractivity (Wildman–Crippen MR) is 86.4 cm³/mol. The molecular weight excluding hydrogens is 276 g/mol. The number of rotatable bonds is 4. The van der Waals surface area contributed by atoms with E-state index in [9.17, 15) is 9.90 Å². The Hall–Kier alpha value is -2.62. The molecule has 4 heteroatoms. The Morgan fingerprint density at radius 1 is 1.23 bits per heavy atom. The Balaban J connectivity index is 2.11. The molecule has 0 saturated carbocycles. The molecule has 0 amide bonds. The molecule has 2 aromatic heterocycles. The molecule has 0 bridgehead atoms. The van der Waals surface area contributed by atoms with Gasteiger partial charge in [-0.15, -0.1) is 0 Å². The zero-order valence-corrected chi connectivity index (χ0v) is 12.7. The van der Waals surface area contributed by atoms with Crippen LogP contribution in [0.15, 0.2) is 42.6 Å². The summed E-state index contributed by atoms with van der Waals surface area (Å²) in [6.45, 7) is 4.56. The standard InChI is InChI=1S/C18H18N2O2/c1-3-13-6-7-19-15(9-13)11-20-16-5-4-12(2)8-14(16)10-17(20)18(21)22/h4-10H,3,11H2,1-2H3,(H,21,22). The highest BCUT2D eigenvalue weighted by Gasteiger charge is 2.15. The quantitative estimate of drug-likeness (QED) is 0.799. The Morgan fingerprint density at radius 3 is 2.77 bits per heavy atom. The summed E-state index contributed by atoms with van der Waals surface area (Å²) in [5.74, 6) is -0.916. The second kappa shape index (κ2) is 5.64. The van der Waals surface area contributed by atoms with Gasteiger partial charge in [0.2, 0.25) is 0 Å². The van der Waals surface area contributed by atoms with Crippen molar-refractivity contribution in [2.45, 2.75) is 26.8 Å². The van der Waals surface area contributed by atoms with E-state index in [1.165, 1.54) is 5.56 Å². The average Bonchev–Trinajstić information content (AvgIpc) is 2.85. The fraction of sp³-hybridized carbons (Fsp3) is 0.222. The van der Waals surface area contributed by atoms with Gasteiger partial charge in [-0.2, -0.15) is 0 Å². The van der Waals surface area contributed by atoms with Crippen LogP contribution in [0.1, 0.15) is 34.2 Å². The van der Waals surface area contributed by atoms with Crippen molar-refractivity contribution >= 4 is 16.9 Å². The summed E-state index contributed by atoms with van der Waals surface area (Å²) in [5, 5.41) is 10.4. The van der Waals surface area contributed by atoms with Crippen LogP contribution in [0, 0.1) is 6.92 Å². The normalized spacial score (nSPS) is 11.0. The molecule has 0 spiro atoms. The van der Waals surface area contributed by atoms with Gasteiger partial charge in [0, 0.05) is 17.1 Å². The first kappa shape index (κ1) is 14.3. The molecule has 0 aliphatic rings. The number of pyridine rings is 1. The molecule has 112 valence electrons. The minimum Gasteiger partial charge on any atom is -0.477 e. The van der Waals surface area contributed by atoms with Crippen LogP contribution in [-0.4, -0.2) is 20.6 Å². The molecule has 0 unspecified atom stereocenters. The summed E-state index contributed by atoms with van der Waals surface area (Å²) in [7, 11) is 0. The van der Waals surface area contributed by atoms with E-state index in [0.29, 0.717) is 12.2 Å². The van der Waals surface area contributed by atoms with Crippen LogP contribution in [0.3, 0.4) is 0 Å². The van der Waals surface area contributed by atoms with Gasteiger partial charge in [0.05, 0.1) is 12.2 Å². The van der Waals surface area contributed by atoms with Crippen molar-refractivity contribution < 1.29 is 9.90 Å². The van der Waals surface area contributed by atoms with Crippen molar-refractivity contribution in [2.24, 2.45) is 0 Å². The number of aryl methyl sites for hydroxylation is 2. The summed E-state index contributed by atoms with van der Waals surface area (Å²) in [6, 6.07) is 11.7. The first-order valence-corrected chi connectivity index (χ1v) is 7.35. The molecule has 1 N–H and O–H groups in total. The third-order valence-electron chi connectivity index (χ3n) is 3.89. The number of fused-ring (bicyclic) bond motifs is 1. The van der Waals surface area contributed by atoms with Gasteiger partial charge in [0.15, 0.2) is 0 Å². The van der Waals surface area contributed by atoms with Gasteiger partial charge in [-0.25, -0.2) is 4.79 Å². The Labute approximate surface area is 129 Å². The summed E-state index contributed by atoms with van der Waals surface area (Å²) >= 11 is 0. The van der Waals surface area contributed by atoms with E-state index >= 15 is 0 Å². The zero-order chi connectivity index (χ0) is 15.7. The van der Waals surface area contributed by atoms with Gasteiger partial charge < -0.3 is 9.67 Å². The lowest BCUT2D eigenvalue weighted by Gasteiger charge is -2.09. The number of hydrogen-bond donors (Lipinski definition) is 1. The van der Waals surface area contributed by atoms with Crippen LogP contribution in [0.5, 0.6) is 0 Å². The molecule has 3 rings (SSSR count). The number of hydrogen-bond acceptors (Lipinski definition) is 2. The van der Waals surface area contributed by atoms with Crippen LogP contribution < -0.4 is 0 Å². The minimum atomic E-state index is -0.916. The van der Waals surface area contributed by atoms with Crippen molar-refractivity contribution in [1.82, 2.24) is 9.55 Å². The van der Waals surface area contributed by atoms with E-state index in [0.717, 1.165) is 28.6 Å². The van der Waals surface area contributed by atoms with Gasteiger partial charge in [-0.3, -0.25) is 4.98 Å². The number of aromatic carboxylic acids is 1. The lowest BCUT2D eigenvalue weighted by Crippen LogP contribution is -2.10. The van der Waals surface area contributed by atoms with Crippen LogP contribution in [-0.2, 0) is 13.0 Å². The number of nitrogens with zero attached hydrogens (tertiary/aromatic N) is 2. The third kappa shape index (κ3) is 2.60. The van der Waals surface area contributed by atoms with Crippen LogP contribution in [0.2, 0.25) is 0 Å². The van der Waals surface area contributed by atoms with E-state index in [2.05, 4.69) is 11.9 Å². The first-order chi connectivity index (χ1) is 10.6. The molecule has 0 saturated heterocycles. The smallest absolute Gasteiger partial charge is 0.352 e. The van der Waals surface area contributed by atoms with E-state index in [-0.39, 0.29) is 0 Å². The molecule has 0 aliphatic heterocycles. The van der Waals surface area contributed by atoms with Crippen LogP contribution in [0.4, 0.5) is 0 Å². The number of carbonyl (C=O) groups is 1. The highest BCUT2D eigenvalue weighted by Crippen LogP contribution is 2.22. The molecule has 0 aliphatic carbocycles. The molecule has 4 nitrogen and oxygen atoms in total. The Kier molecular flexibility index (Phi) is 3.67. The van der Waals surface area contributed by atoms with Gasteiger partial charge in [-0.05, 0) is 49.2 Å². The van der Waals surface area contributed by atoms with Gasteiger partial charge in [0.1, 0.15) is 5.69 Å². The molecule has 3 aromatic rings. The summed E-state index contributed by atoms with van der Waals surface area (Å²) < 4.78 is 1.82. The molecule has 2 heterocycles. The molecule has 0 fully saturated rings. The molecule has 0 atom stereocenters. The second-order valence-corrected chi connectivity index (χ2v) is 5.49.